The number of aromatic hydroxyl groups is 2. The van der Waals surface area contributed by atoms with Gasteiger partial charge in [-0.1, -0.05) is 0 Å². The number of amides is 2. The first-order valence-electron chi connectivity index (χ1n) is 15.4. The van der Waals surface area contributed by atoms with E-state index >= 15 is 0 Å². The van der Waals surface area contributed by atoms with Gasteiger partial charge in [-0.15, -0.1) is 5.06 Å². The van der Waals surface area contributed by atoms with Crippen molar-refractivity contribution in [3.8, 4) is 11.5 Å². The first kappa shape index (κ1) is 41.8. The summed E-state index contributed by atoms with van der Waals surface area (Å²) < 4.78 is 63.2. The third-order valence-corrected chi connectivity index (χ3v) is 7.12. The van der Waals surface area contributed by atoms with Gasteiger partial charge in [-0.05, 0) is 50.1 Å². The average molecular weight is 769 g/mol. The standard InChI is InChI=1S/C15H12F2O6.C14H7F2NO7.C4H9NO2/c16-9-6-7-5-8(10(18)3-1-2-4-11(19)20)15(22)23-14(7)12(17)13(9)21;15-7-4-5-3-6(13(21)23-12(5)10(16)11(7)20)14(22)24-17-8(18)1-2-9(17)19;5-3-1-2-4(6)7/h5-6,21H,1-4H2,(H,19,20);3-4,20H,1-2H2;1-3,5H2,(H,6,7). The first-order valence-corrected chi connectivity index (χ1v) is 15.4. The highest BCUT2D eigenvalue weighted by Crippen LogP contribution is 2.29. The molecular formula is C33H28F4N2O15. The maximum absolute atomic E-state index is 13.7. The van der Waals surface area contributed by atoms with Crippen LogP contribution in [0.4, 0.5) is 17.6 Å². The second-order valence-corrected chi connectivity index (χ2v) is 11.0. The van der Waals surface area contributed by atoms with Crippen LogP contribution in [0.15, 0.2) is 42.7 Å². The number of nitrogens with two attached hydrogens (primary N) is 1. The van der Waals surface area contributed by atoms with Crippen molar-refractivity contribution in [2.24, 2.45) is 5.73 Å². The van der Waals surface area contributed by atoms with E-state index in [-0.39, 0.29) is 66.3 Å². The van der Waals surface area contributed by atoms with Crippen LogP contribution in [-0.2, 0) is 24.0 Å². The first-order chi connectivity index (χ1) is 25.4. The van der Waals surface area contributed by atoms with E-state index in [9.17, 15) is 55.9 Å². The zero-order chi connectivity index (χ0) is 40.4. The fraction of sp³-hybridized carbons (Fsp3) is 0.273. The molecule has 0 aliphatic carbocycles. The number of halogens is 4. The number of carboxylic acids is 2. The van der Waals surface area contributed by atoms with E-state index in [0.717, 1.165) is 18.2 Å². The number of rotatable bonds is 11. The van der Waals surface area contributed by atoms with Crippen LogP contribution in [0.3, 0.4) is 0 Å². The molecule has 0 bridgehead atoms. The van der Waals surface area contributed by atoms with E-state index in [1.165, 1.54) is 0 Å². The van der Waals surface area contributed by atoms with Crippen LogP contribution in [0.2, 0.25) is 0 Å². The maximum atomic E-state index is 13.7. The molecule has 1 fully saturated rings. The summed E-state index contributed by atoms with van der Waals surface area (Å²) in [6.07, 6.45) is 0.800. The van der Waals surface area contributed by atoms with E-state index in [1.54, 1.807) is 0 Å². The number of aliphatic carboxylic acids is 2. The summed E-state index contributed by atoms with van der Waals surface area (Å²) >= 11 is 0. The maximum Gasteiger partial charge on any atom is 0.371 e. The van der Waals surface area contributed by atoms with Crippen molar-refractivity contribution < 1.29 is 80.4 Å². The van der Waals surface area contributed by atoms with Gasteiger partial charge in [0.25, 0.3) is 11.8 Å². The lowest BCUT2D eigenvalue weighted by atomic mass is 10.0. The molecule has 0 saturated carbocycles. The number of phenolic OH excluding ortho intramolecular Hbond substituents is 2. The minimum absolute atomic E-state index is 0.0907. The number of carbonyl (C=O) groups is 6. The predicted molar refractivity (Wildman–Crippen MR) is 171 cm³/mol. The lowest BCUT2D eigenvalue weighted by Crippen LogP contribution is -2.33. The number of nitrogens with zero attached hydrogens (tertiary/aromatic N) is 1. The second-order valence-electron chi connectivity index (χ2n) is 11.0. The lowest BCUT2D eigenvalue weighted by Gasteiger charge is -2.12. The lowest BCUT2D eigenvalue weighted by molar-refractivity contribution is -0.172. The molecule has 1 saturated heterocycles. The van der Waals surface area contributed by atoms with Crippen molar-refractivity contribution >= 4 is 57.4 Å². The van der Waals surface area contributed by atoms with Gasteiger partial charge in [0.05, 0.1) is 0 Å². The largest absolute Gasteiger partial charge is 0.503 e. The number of unbranched alkanes of at least 4 members (excludes halogenated alkanes) is 1. The quantitative estimate of drug-likeness (QED) is 0.0480. The van der Waals surface area contributed by atoms with Gasteiger partial charge in [-0.25, -0.2) is 23.2 Å². The van der Waals surface area contributed by atoms with Crippen LogP contribution in [-0.4, -0.2) is 67.5 Å². The van der Waals surface area contributed by atoms with E-state index < -0.39 is 98.3 Å². The number of ketones is 1. The Morgan fingerprint density at radius 3 is 1.56 bits per heavy atom. The molecule has 0 radical (unpaired) electrons. The fourth-order valence-corrected chi connectivity index (χ4v) is 4.44. The Hall–Kier alpha value is -6.64. The number of hydrogen-bond donors (Lipinski definition) is 5. The summed E-state index contributed by atoms with van der Waals surface area (Å²) in [5.41, 5.74) is -0.00129. The van der Waals surface area contributed by atoms with E-state index in [1.807, 2.05) is 0 Å². The van der Waals surface area contributed by atoms with Crippen LogP contribution >= 0.6 is 0 Å². The number of fused-ring (bicyclic) bond motifs is 2. The number of imide groups is 1. The van der Waals surface area contributed by atoms with Gasteiger partial charge < -0.3 is 39.8 Å². The molecule has 2 aromatic carbocycles. The van der Waals surface area contributed by atoms with Gasteiger partial charge in [0, 0.05) is 42.9 Å². The van der Waals surface area contributed by atoms with E-state index in [0.29, 0.717) is 19.0 Å². The smallest absolute Gasteiger partial charge is 0.371 e. The van der Waals surface area contributed by atoms with Gasteiger partial charge in [0.1, 0.15) is 11.1 Å². The van der Waals surface area contributed by atoms with Crippen molar-refractivity contribution in [3.05, 3.63) is 79.5 Å². The molecule has 3 heterocycles. The van der Waals surface area contributed by atoms with Crippen LogP contribution in [0, 0.1) is 23.3 Å². The number of carboxylic acid groups (broad SMARTS) is 2. The molecule has 1 aliphatic heterocycles. The molecule has 21 heteroatoms. The molecule has 0 atom stereocenters. The minimum Gasteiger partial charge on any atom is -0.503 e. The second kappa shape index (κ2) is 18.2. The van der Waals surface area contributed by atoms with Gasteiger partial charge >= 0.3 is 29.2 Å². The van der Waals surface area contributed by atoms with Crippen molar-refractivity contribution in [1.29, 1.82) is 0 Å². The summed E-state index contributed by atoms with van der Waals surface area (Å²) in [4.78, 5) is 94.7. The molecule has 1 aliphatic rings. The highest BCUT2D eigenvalue weighted by Gasteiger charge is 2.34. The Kier molecular flexibility index (Phi) is 14.1. The minimum atomic E-state index is -1.51. The van der Waals surface area contributed by atoms with Gasteiger partial charge in [0.2, 0.25) is 11.6 Å². The normalized spacial score (nSPS) is 12.2. The molecular weight excluding hydrogens is 740 g/mol. The molecule has 6 N–H and O–H groups in total. The summed E-state index contributed by atoms with van der Waals surface area (Å²) in [5, 5.41) is 34.4. The summed E-state index contributed by atoms with van der Waals surface area (Å²) in [5.74, 6) is -13.4. The van der Waals surface area contributed by atoms with Gasteiger partial charge in [-0.2, -0.15) is 8.78 Å². The topological polar surface area (TPSA) is 282 Å². The van der Waals surface area contributed by atoms with Crippen LogP contribution < -0.4 is 17.0 Å². The summed E-state index contributed by atoms with van der Waals surface area (Å²) in [6.45, 7) is 0.465. The number of Topliss-reactive ketones (excluding diaryl/α,β-unsaturated/α-hetero) is 1. The molecule has 4 aromatic rings. The summed E-state index contributed by atoms with van der Waals surface area (Å²) in [7, 11) is 0. The fourth-order valence-electron chi connectivity index (χ4n) is 4.44. The molecule has 17 nitrogen and oxygen atoms in total. The number of carbonyl (C=O) groups excluding carboxylic acids is 4. The Morgan fingerprint density at radius 2 is 1.11 bits per heavy atom. The Morgan fingerprint density at radius 1 is 0.685 bits per heavy atom. The molecule has 2 amide bonds. The Balaban J connectivity index is 0.000000248. The number of hydroxylamine groups is 2. The van der Waals surface area contributed by atoms with Crippen LogP contribution in [0.25, 0.3) is 21.9 Å². The van der Waals surface area contributed by atoms with Crippen LogP contribution in [0.5, 0.6) is 11.5 Å². The van der Waals surface area contributed by atoms with E-state index in [4.69, 9.17) is 26.2 Å². The number of benzene rings is 2. The molecule has 54 heavy (non-hydrogen) atoms. The molecule has 0 unspecified atom stereocenters. The van der Waals surface area contributed by atoms with Gasteiger partial charge in [0.15, 0.2) is 40.1 Å². The van der Waals surface area contributed by atoms with Crippen molar-refractivity contribution in [2.75, 3.05) is 6.54 Å². The zero-order valence-electron chi connectivity index (χ0n) is 27.5. The van der Waals surface area contributed by atoms with Crippen molar-refractivity contribution in [2.45, 2.75) is 51.4 Å². The predicted octanol–water partition coefficient (Wildman–Crippen LogP) is 3.41. The number of phenols is 2. The third kappa shape index (κ3) is 10.2. The Bertz CT molecular complexity index is 2250. The highest BCUT2D eigenvalue weighted by atomic mass is 19.1. The van der Waals surface area contributed by atoms with Crippen molar-refractivity contribution in [1.82, 2.24) is 5.06 Å². The Labute approximate surface area is 297 Å². The average Bonchev–Trinajstić information content (AvgIpc) is 3.43. The molecule has 5 rings (SSSR count). The third-order valence-electron chi connectivity index (χ3n) is 7.12. The molecule has 0 spiro atoms. The zero-order valence-corrected chi connectivity index (χ0v) is 27.5. The molecule has 288 valence electrons. The highest BCUT2D eigenvalue weighted by molar-refractivity contribution is 6.03. The monoisotopic (exact) mass is 768 g/mol. The summed E-state index contributed by atoms with van der Waals surface area (Å²) in [6, 6.07) is 3.14. The van der Waals surface area contributed by atoms with Crippen molar-refractivity contribution in [3.63, 3.8) is 0 Å². The molecule has 2 aromatic heterocycles. The van der Waals surface area contributed by atoms with E-state index in [2.05, 4.69) is 13.7 Å². The van der Waals surface area contributed by atoms with Gasteiger partial charge in [-0.3, -0.25) is 24.0 Å². The van der Waals surface area contributed by atoms with Crippen LogP contribution in [0.1, 0.15) is 72.1 Å². The number of hydrogen-bond acceptors (Lipinski definition) is 14. The SMILES string of the molecule is NCCCC(=O)O.O=C(O)CCCCC(=O)c1cc2cc(F)c(O)c(F)c2oc1=O.O=C(ON1C(=O)CCC1=O)c1cc2cc(F)c(O)c(F)c2oc1=O.